The Morgan fingerprint density at radius 3 is 2.50 bits per heavy atom. The maximum absolute atomic E-state index is 13.9. The molecule has 6 heteroatoms. The van der Waals surface area contributed by atoms with Crippen LogP contribution in [0.25, 0.3) is 10.9 Å². The minimum atomic E-state index is -0.751. The molecule has 0 saturated carbocycles. The molecule has 0 aliphatic heterocycles. The molecule has 2 aromatic rings. The van der Waals surface area contributed by atoms with E-state index >= 15 is 0 Å². The normalized spacial score (nSPS) is 10.8. The molecule has 0 aliphatic rings. The van der Waals surface area contributed by atoms with Crippen LogP contribution < -0.4 is 4.90 Å². The lowest BCUT2D eigenvalue weighted by molar-refractivity contribution is 0.0527. The highest BCUT2D eigenvalue weighted by atomic mass is 19.1. The molecule has 0 N–H and O–H groups in total. The molecule has 0 atom stereocenters. The Morgan fingerprint density at radius 1 is 1.23 bits per heavy atom. The van der Waals surface area contributed by atoms with Gasteiger partial charge in [0.05, 0.1) is 12.3 Å². The number of benzene rings is 1. The van der Waals surface area contributed by atoms with Crippen molar-refractivity contribution in [1.82, 2.24) is 4.98 Å². The summed E-state index contributed by atoms with van der Waals surface area (Å²) in [6.45, 7) is 6.88. The van der Waals surface area contributed by atoms with Crippen molar-refractivity contribution in [3.8, 4) is 0 Å². The van der Waals surface area contributed by atoms with E-state index < -0.39 is 17.6 Å². The van der Waals surface area contributed by atoms with Crippen LogP contribution in [0.5, 0.6) is 0 Å². The summed E-state index contributed by atoms with van der Waals surface area (Å²) in [5.74, 6) is -2.01. The van der Waals surface area contributed by atoms with Gasteiger partial charge in [-0.25, -0.2) is 13.6 Å². The van der Waals surface area contributed by atoms with E-state index in [4.69, 9.17) is 4.74 Å². The molecule has 0 fully saturated rings. The lowest BCUT2D eigenvalue weighted by Gasteiger charge is -2.25. The van der Waals surface area contributed by atoms with E-state index in [9.17, 15) is 13.6 Å². The van der Waals surface area contributed by atoms with Crippen molar-refractivity contribution >= 4 is 22.6 Å². The summed E-state index contributed by atoms with van der Waals surface area (Å²) in [5, 5.41) is 0.270. The zero-order chi connectivity index (χ0) is 16.3. The van der Waals surface area contributed by atoms with E-state index in [-0.39, 0.29) is 23.1 Å². The Hall–Kier alpha value is -2.24. The topological polar surface area (TPSA) is 42.4 Å². The fourth-order valence-corrected chi connectivity index (χ4v) is 2.45. The Morgan fingerprint density at radius 2 is 1.91 bits per heavy atom. The number of aromatic nitrogens is 1. The van der Waals surface area contributed by atoms with Crippen LogP contribution in [0.4, 0.5) is 14.5 Å². The Labute approximate surface area is 127 Å². The molecule has 1 aromatic heterocycles. The third kappa shape index (κ3) is 2.86. The molecule has 0 bridgehead atoms. The van der Waals surface area contributed by atoms with Gasteiger partial charge in [0.1, 0.15) is 16.9 Å². The number of rotatable bonds is 5. The molecular weight excluding hydrogens is 290 g/mol. The molecule has 0 spiro atoms. The number of carbonyl (C=O) groups is 1. The second-order valence-electron chi connectivity index (χ2n) is 4.70. The summed E-state index contributed by atoms with van der Waals surface area (Å²) in [6, 6.07) is 1.98. The largest absolute Gasteiger partial charge is 0.462 e. The standard InChI is InChI=1S/C16H18F2N2O2/c1-4-20(5-2)15-11-7-10(17)8-13(18)14(11)19-9-12(15)16(21)22-6-3/h7-9H,4-6H2,1-3H3. The number of hydrogen-bond acceptors (Lipinski definition) is 4. The van der Waals surface area contributed by atoms with Gasteiger partial charge in [0, 0.05) is 30.7 Å². The average molecular weight is 308 g/mol. The first-order chi connectivity index (χ1) is 10.5. The molecule has 0 unspecified atom stereocenters. The van der Waals surface area contributed by atoms with Crippen LogP contribution in [0.3, 0.4) is 0 Å². The van der Waals surface area contributed by atoms with E-state index in [1.807, 2.05) is 18.7 Å². The third-order valence-corrected chi connectivity index (χ3v) is 3.44. The Kier molecular flexibility index (Phi) is 4.90. The monoisotopic (exact) mass is 308 g/mol. The highest BCUT2D eigenvalue weighted by Gasteiger charge is 2.22. The van der Waals surface area contributed by atoms with E-state index in [0.717, 1.165) is 6.07 Å². The number of esters is 1. The van der Waals surface area contributed by atoms with Crippen molar-refractivity contribution in [2.75, 3.05) is 24.6 Å². The number of nitrogens with zero attached hydrogens (tertiary/aromatic N) is 2. The highest BCUT2D eigenvalue weighted by molar-refractivity contribution is 6.05. The van der Waals surface area contributed by atoms with E-state index in [2.05, 4.69) is 4.98 Å². The van der Waals surface area contributed by atoms with Crippen molar-refractivity contribution in [3.63, 3.8) is 0 Å². The summed E-state index contributed by atoms with van der Waals surface area (Å²) in [7, 11) is 0. The van der Waals surface area contributed by atoms with Gasteiger partial charge in [-0.3, -0.25) is 4.98 Å². The summed E-state index contributed by atoms with van der Waals surface area (Å²) < 4.78 is 32.6. The van der Waals surface area contributed by atoms with Gasteiger partial charge in [0.25, 0.3) is 0 Å². The molecule has 0 aliphatic carbocycles. The minimum Gasteiger partial charge on any atom is -0.462 e. The second kappa shape index (κ2) is 6.68. The van der Waals surface area contributed by atoms with Crippen molar-refractivity contribution in [1.29, 1.82) is 0 Å². The van der Waals surface area contributed by atoms with Crippen LogP contribution in [0, 0.1) is 11.6 Å². The fourth-order valence-electron chi connectivity index (χ4n) is 2.45. The molecule has 0 saturated heterocycles. The van der Waals surface area contributed by atoms with Crippen molar-refractivity contribution < 1.29 is 18.3 Å². The maximum Gasteiger partial charge on any atom is 0.341 e. The van der Waals surface area contributed by atoms with Crippen molar-refractivity contribution in [2.45, 2.75) is 20.8 Å². The number of fused-ring (bicyclic) bond motifs is 1. The number of hydrogen-bond donors (Lipinski definition) is 0. The summed E-state index contributed by atoms with van der Waals surface area (Å²) in [6.07, 6.45) is 1.29. The van der Waals surface area contributed by atoms with Crippen molar-refractivity contribution in [2.24, 2.45) is 0 Å². The highest BCUT2D eigenvalue weighted by Crippen LogP contribution is 2.32. The Bertz CT molecular complexity index is 700. The van der Waals surface area contributed by atoms with Gasteiger partial charge in [0.2, 0.25) is 0 Å². The lowest BCUT2D eigenvalue weighted by atomic mass is 10.1. The maximum atomic E-state index is 13.9. The molecule has 118 valence electrons. The Balaban J connectivity index is 2.80. The van der Waals surface area contributed by atoms with Gasteiger partial charge < -0.3 is 9.64 Å². The number of halogens is 2. The van der Waals surface area contributed by atoms with Gasteiger partial charge in [-0.15, -0.1) is 0 Å². The molecule has 1 aromatic carbocycles. The van der Waals surface area contributed by atoms with Crippen LogP contribution in [-0.2, 0) is 4.74 Å². The van der Waals surface area contributed by atoms with Crippen LogP contribution in [0.15, 0.2) is 18.3 Å². The van der Waals surface area contributed by atoms with Crippen LogP contribution in [0.2, 0.25) is 0 Å². The zero-order valence-electron chi connectivity index (χ0n) is 12.8. The molecule has 2 rings (SSSR count). The molecule has 1 heterocycles. The van der Waals surface area contributed by atoms with Gasteiger partial charge in [-0.1, -0.05) is 0 Å². The first-order valence-electron chi connectivity index (χ1n) is 7.23. The molecule has 0 amide bonds. The van der Waals surface area contributed by atoms with E-state index in [1.54, 1.807) is 6.92 Å². The average Bonchev–Trinajstić information content (AvgIpc) is 2.48. The van der Waals surface area contributed by atoms with Gasteiger partial charge in [-0.2, -0.15) is 0 Å². The zero-order valence-corrected chi connectivity index (χ0v) is 12.8. The third-order valence-electron chi connectivity index (χ3n) is 3.44. The van der Waals surface area contributed by atoms with Gasteiger partial charge >= 0.3 is 5.97 Å². The predicted molar refractivity (Wildman–Crippen MR) is 81.2 cm³/mol. The smallest absolute Gasteiger partial charge is 0.341 e. The SMILES string of the molecule is CCOC(=O)c1cnc2c(F)cc(F)cc2c1N(CC)CC. The summed E-state index contributed by atoms with van der Waals surface area (Å²) in [4.78, 5) is 18.0. The molecular formula is C16H18F2N2O2. The first-order valence-corrected chi connectivity index (χ1v) is 7.23. The van der Waals surface area contributed by atoms with Gasteiger partial charge in [0.15, 0.2) is 5.82 Å². The van der Waals surface area contributed by atoms with Crippen molar-refractivity contribution in [3.05, 3.63) is 35.5 Å². The van der Waals surface area contributed by atoms with Gasteiger partial charge in [-0.05, 0) is 26.8 Å². The quantitative estimate of drug-likeness (QED) is 0.792. The molecule has 0 radical (unpaired) electrons. The summed E-state index contributed by atoms with van der Waals surface area (Å²) >= 11 is 0. The number of anilines is 1. The second-order valence-corrected chi connectivity index (χ2v) is 4.70. The molecule has 22 heavy (non-hydrogen) atoms. The van der Waals surface area contributed by atoms with E-state index in [1.165, 1.54) is 12.3 Å². The number of ether oxygens (including phenoxy) is 1. The summed E-state index contributed by atoms with van der Waals surface area (Å²) in [5.41, 5.74) is 0.700. The minimum absolute atomic E-state index is 0.0383. The number of carbonyl (C=O) groups excluding carboxylic acids is 1. The predicted octanol–water partition coefficient (Wildman–Crippen LogP) is 3.54. The number of pyridine rings is 1. The fraction of sp³-hybridized carbons (Fsp3) is 0.375. The lowest BCUT2D eigenvalue weighted by Crippen LogP contribution is -2.25. The van der Waals surface area contributed by atoms with E-state index in [0.29, 0.717) is 18.8 Å². The van der Waals surface area contributed by atoms with Crippen LogP contribution in [0.1, 0.15) is 31.1 Å². The van der Waals surface area contributed by atoms with Crippen LogP contribution in [-0.4, -0.2) is 30.6 Å². The first kappa shape index (κ1) is 16.1. The molecule has 4 nitrogen and oxygen atoms in total. The van der Waals surface area contributed by atoms with Crippen LogP contribution >= 0.6 is 0 Å².